The van der Waals surface area contributed by atoms with Crippen molar-refractivity contribution in [3.05, 3.63) is 64.3 Å². The van der Waals surface area contributed by atoms with Gasteiger partial charge in [0.15, 0.2) is 5.76 Å². The summed E-state index contributed by atoms with van der Waals surface area (Å²) in [6, 6.07) is 8.59. The Kier molecular flexibility index (Phi) is 4.70. The summed E-state index contributed by atoms with van der Waals surface area (Å²) < 4.78 is 7.37. The van der Waals surface area contributed by atoms with E-state index in [2.05, 4.69) is 11.7 Å². The van der Waals surface area contributed by atoms with Gasteiger partial charge >= 0.3 is 0 Å². The fourth-order valence-electron chi connectivity index (χ4n) is 2.68. The molecule has 0 unspecified atom stereocenters. The molecule has 25 heavy (non-hydrogen) atoms. The molecule has 0 bridgehead atoms. The second-order valence-corrected chi connectivity index (χ2v) is 6.34. The molecular formula is C18H15Cl2N3O2. The van der Waals surface area contributed by atoms with Crippen molar-refractivity contribution in [1.29, 1.82) is 0 Å². The molecule has 0 aliphatic rings. The van der Waals surface area contributed by atoms with Gasteiger partial charge in [0.2, 0.25) is 0 Å². The number of nitrogens with two attached hydrogens (primary N) is 1. The standard InChI is InChI=1S/C18H15Cl2N3O2/c1-3-6-23-10(2)13(18(21)24)8-16(23)17-9-15(22-25-17)12-5-4-11(19)7-14(12)20/h3-5,7-9H,1,6H2,2H3,(H2,21,24). The normalized spacial score (nSPS) is 10.8. The van der Waals surface area contributed by atoms with Crippen molar-refractivity contribution in [2.75, 3.05) is 0 Å². The van der Waals surface area contributed by atoms with Crippen molar-refractivity contribution in [1.82, 2.24) is 9.72 Å². The molecule has 2 N–H and O–H groups in total. The summed E-state index contributed by atoms with van der Waals surface area (Å²) in [5, 5.41) is 5.10. The number of rotatable bonds is 5. The number of halogens is 2. The quantitative estimate of drug-likeness (QED) is 0.656. The van der Waals surface area contributed by atoms with Gasteiger partial charge in [0.25, 0.3) is 5.91 Å². The number of carbonyl (C=O) groups is 1. The first kappa shape index (κ1) is 17.3. The van der Waals surface area contributed by atoms with Crippen molar-refractivity contribution in [3.8, 4) is 22.7 Å². The van der Waals surface area contributed by atoms with Gasteiger partial charge in [-0.25, -0.2) is 0 Å². The van der Waals surface area contributed by atoms with Gasteiger partial charge in [0, 0.05) is 28.9 Å². The summed E-state index contributed by atoms with van der Waals surface area (Å²) in [4.78, 5) is 11.6. The Labute approximate surface area is 154 Å². The summed E-state index contributed by atoms with van der Waals surface area (Å²) in [5.74, 6) is 0.000475. The van der Waals surface area contributed by atoms with Gasteiger partial charge in [0.05, 0.1) is 16.3 Å². The molecule has 0 aliphatic heterocycles. The molecule has 3 rings (SSSR count). The smallest absolute Gasteiger partial charge is 0.250 e. The lowest BCUT2D eigenvalue weighted by molar-refractivity contribution is 0.0999. The lowest BCUT2D eigenvalue weighted by atomic mass is 10.1. The third kappa shape index (κ3) is 3.21. The van der Waals surface area contributed by atoms with E-state index in [0.717, 1.165) is 5.69 Å². The number of carbonyl (C=O) groups excluding carboxylic acids is 1. The zero-order chi connectivity index (χ0) is 18.1. The molecule has 0 atom stereocenters. The largest absolute Gasteiger partial charge is 0.366 e. The lowest BCUT2D eigenvalue weighted by Crippen LogP contribution is -2.12. The van der Waals surface area contributed by atoms with Crippen molar-refractivity contribution < 1.29 is 9.32 Å². The molecule has 0 fully saturated rings. The molecular weight excluding hydrogens is 361 g/mol. The highest BCUT2D eigenvalue weighted by molar-refractivity contribution is 6.36. The monoisotopic (exact) mass is 375 g/mol. The lowest BCUT2D eigenvalue weighted by Gasteiger charge is -2.06. The zero-order valence-corrected chi connectivity index (χ0v) is 14.9. The molecule has 2 heterocycles. The predicted molar refractivity (Wildman–Crippen MR) is 98.8 cm³/mol. The minimum absolute atomic E-state index is 0.430. The summed E-state index contributed by atoms with van der Waals surface area (Å²) in [6.07, 6.45) is 1.73. The van der Waals surface area contributed by atoms with Crippen molar-refractivity contribution in [2.45, 2.75) is 13.5 Å². The average Bonchev–Trinajstić information content (AvgIpc) is 3.14. The van der Waals surface area contributed by atoms with E-state index in [-0.39, 0.29) is 0 Å². The Morgan fingerprint density at radius 2 is 2.12 bits per heavy atom. The Morgan fingerprint density at radius 1 is 1.36 bits per heavy atom. The second-order valence-electron chi connectivity index (χ2n) is 5.49. The molecule has 3 aromatic rings. The Bertz CT molecular complexity index is 973. The van der Waals surface area contributed by atoms with Crippen molar-refractivity contribution in [3.63, 3.8) is 0 Å². The second kappa shape index (κ2) is 6.78. The van der Waals surface area contributed by atoms with E-state index < -0.39 is 5.91 Å². The summed E-state index contributed by atoms with van der Waals surface area (Å²) >= 11 is 12.2. The Morgan fingerprint density at radius 3 is 2.76 bits per heavy atom. The molecule has 0 radical (unpaired) electrons. The SMILES string of the molecule is C=CCn1c(-c2cc(-c3ccc(Cl)cc3Cl)no2)cc(C(N)=O)c1C. The van der Waals surface area contributed by atoms with E-state index in [1.165, 1.54) is 0 Å². The van der Waals surface area contributed by atoms with Gasteiger partial charge in [-0.05, 0) is 31.2 Å². The highest BCUT2D eigenvalue weighted by Gasteiger charge is 2.20. The van der Waals surface area contributed by atoms with Crippen LogP contribution in [0.1, 0.15) is 16.1 Å². The van der Waals surface area contributed by atoms with Gasteiger partial charge in [0.1, 0.15) is 5.69 Å². The van der Waals surface area contributed by atoms with Crippen LogP contribution >= 0.6 is 23.2 Å². The van der Waals surface area contributed by atoms with Crippen LogP contribution in [0.15, 0.2) is 47.5 Å². The van der Waals surface area contributed by atoms with E-state index in [9.17, 15) is 4.79 Å². The third-order valence-corrected chi connectivity index (χ3v) is 4.46. The number of hydrogen-bond donors (Lipinski definition) is 1. The summed E-state index contributed by atoms with van der Waals surface area (Å²) in [6.45, 7) is 6.07. The van der Waals surface area contributed by atoms with Crippen LogP contribution in [-0.2, 0) is 6.54 Å². The maximum atomic E-state index is 11.6. The first-order chi connectivity index (χ1) is 11.9. The van der Waals surface area contributed by atoms with Crippen LogP contribution in [0, 0.1) is 6.92 Å². The first-order valence-corrected chi connectivity index (χ1v) is 8.21. The van der Waals surface area contributed by atoms with Crippen LogP contribution in [0.2, 0.25) is 10.0 Å². The summed E-state index contributed by atoms with van der Waals surface area (Å²) in [7, 11) is 0. The van der Waals surface area contributed by atoms with E-state index in [0.29, 0.717) is 44.9 Å². The number of aromatic nitrogens is 2. The van der Waals surface area contributed by atoms with E-state index in [1.807, 2.05) is 11.5 Å². The van der Waals surface area contributed by atoms with Gasteiger partial charge in [-0.2, -0.15) is 0 Å². The van der Waals surface area contributed by atoms with Crippen LogP contribution in [0.3, 0.4) is 0 Å². The topological polar surface area (TPSA) is 74.1 Å². The average molecular weight is 376 g/mol. The third-order valence-electron chi connectivity index (χ3n) is 3.91. The molecule has 0 aliphatic carbocycles. The molecule has 7 heteroatoms. The number of amides is 1. The van der Waals surface area contributed by atoms with E-state index in [4.69, 9.17) is 33.5 Å². The first-order valence-electron chi connectivity index (χ1n) is 7.45. The summed E-state index contributed by atoms with van der Waals surface area (Å²) in [5.41, 5.74) is 8.58. The van der Waals surface area contributed by atoms with Crippen LogP contribution in [-0.4, -0.2) is 15.6 Å². The van der Waals surface area contributed by atoms with Crippen molar-refractivity contribution in [2.24, 2.45) is 5.73 Å². The van der Waals surface area contributed by atoms with Gasteiger partial charge < -0.3 is 14.8 Å². The zero-order valence-electron chi connectivity index (χ0n) is 13.4. The number of primary amides is 1. The number of nitrogens with zero attached hydrogens (tertiary/aromatic N) is 2. The van der Waals surface area contributed by atoms with E-state index in [1.54, 1.807) is 36.4 Å². The van der Waals surface area contributed by atoms with Crippen LogP contribution in [0.4, 0.5) is 0 Å². The van der Waals surface area contributed by atoms with Crippen LogP contribution < -0.4 is 5.73 Å². The van der Waals surface area contributed by atoms with Gasteiger partial charge in [-0.15, -0.1) is 6.58 Å². The molecule has 1 amide bonds. The predicted octanol–water partition coefficient (Wildman–Crippen LogP) is 4.71. The van der Waals surface area contributed by atoms with Gasteiger partial charge in [-0.1, -0.05) is 34.4 Å². The fourth-order valence-corrected chi connectivity index (χ4v) is 3.19. The molecule has 5 nitrogen and oxygen atoms in total. The minimum atomic E-state index is -0.498. The Balaban J connectivity index is 2.09. The number of hydrogen-bond acceptors (Lipinski definition) is 3. The van der Waals surface area contributed by atoms with Gasteiger partial charge in [-0.3, -0.25) is 4.79 Å². The maximum Gasteiger partial charge on any atom is 0.250 e. The number of allylic oxidation sites excluding steroid dienone is 1. The highest BCUT2D eigenvalue weighted by Crippen LogP contribution is 2.33. The Hall–Kier alpha value is -2.50. The van der Waals surface area contributed by atoms with Crippen LogP contribution in [0.5, 0.6) is 0 Å². The van der Waals surface area contributed by atoms with Crippen LogP contribution in [0.25, 0.3) is 22.7 Å². The molecule has 0 saturated carbocycles. The maximum absolute atomic E-state index is 11.6. The molecule has 0 saturated heterocycles. The molecule has 128 valence electrons. The van der Waals surface area contributed by atoms with Crippen molar-refractivity contribution >= 4 is 29.1 Å². The number of benzene rings is 1. The van der Waals surface area contributed by atoms with E-state index >= 15 is 0 Å². The minimum Gasteiger partial charge on any atom is -0.366 e. The fraction of sp³-hybridized carbons (Fsp3) is 0.111. The molecule has 0 spiro atoms. The molecule has 2 aromatic heterocycles. The highest BCUT2D eigenvalue weighted by atomic mass is 35.5. The molecule has 1 aromatic carbocycles.